The van der Waals surface area contributed by atoms with Crippen LogP contribution in [-0.2, 0) is 0 Å². The molecule has 0 radical (unpaired) electrons. The van der Waals surface area contributed by atoms with Crippen LogP contribution in [0, 0.1) is 6.92 Å². The maximum Gasteiger partial charge on any atom is 0.148 e. The first-order valence-corrected chi connectivity index (χ1v) is 7.62. The van der Waals surface area contributed by atoms with Gasteiger partial charge >= 0.3 is 0 Å². The van der Waals surface area contributed by atoms with Crippen LogP contribution in [0.2, 0.25) is 0 Å². The van der Waals surface area contributed by atoms with Gasteiger partial charge in [0.05, 0.1) is 0 Å². The summed E-state index contributed by atoms with van der Waals surface area (Å²) in [5.74, 6) is 9.84. The van der Waals surface area contributed by atoms with E-state index in [4.69, 9.17) is 10.8 Å². The van der Waals surface area contributed by atoms with E-state index >= 15 is 0 Å². The molecule has 3 N–H and O–H groups in total. The summed E-state index contributed by atoms with van der Waals surface area (Å²) in [6.07, 6.45) is 4.51. The predicted molar refractivity (Wildman–Crippen MR) is 78.2 cm³/mol. The smallest absolute Gasteiger partial charge is 0.148 e. The molecule has 0 bridgehead atoms. The van der Waals surface area contributed by atoms with Crippen molar-refractivity contribution < 1.29 is 0 Å². The summed E-state index contributed by atoms with van der Waals surface area (Å²) < 4.78 is 0. The van der Waals surface area contributed by atoms with Crippen LogP contribution < -0.4 is 16.2 Å². The molecule has 1 heterocycles. The molecule has 100 valence electrons. The van der Waals surface area contributed by atoms with Gasteiger partial charge in [0.25, 0.3) is 0 Å². The van der Waals surface area contributed by atoms with Gasteiger partial charge in [-0.25, -0.2) is 15.8 Å². The molecule has 6 heteroatoms. The molecule has 0 spiro atoms. The molecular formula is C12H21N5S. The molecule has 2 rings (SSSR count). The van der Waals surface area contributed by atoms with E-state index in [-0.39, 0.29) is 0 Å². The Labute approximate surface area is 113 Å². The van der Waals surface area contributed by atoms with Crippen molar-refractivity contribution >= 4 is 23.4 Å². The van der Waals surface area contributed by atoms with Crippen molar-refractivity contribution in [3.63, 3.8) is 0 Å². The SMILES string of the molecule is CSCCN(C)c1nc(C2CC2)nc(NN)c1C. The maximum atomic E-state index is 5.55. The van der Waals surface area contributed by atoms with Crippen molar-refractivity contribution in [3.8, 4) is 0 Å². The number of nitrogens with two attached hydrogens (primary N) is 1. The normalized spacial score (nSPS) is 14.7. The summed E-state index contributed by atoms with van der Waals surface area (Å²) >= 11 is 1.84. The van der Waals surface area contributed by atoms with E-state index in [2.05, 4.69) is 28.6 Å². The summed E-state index contributed by atoms with van der Waals surface area (Å²) in [7, 11) is 2.07. The van der Waals surface area contributed by atoms with E-state index < -0.39 is 0 Å². The van der Waals surface area contributed by atoms with E-state index in [1.54, 1.807) is 0 Å². The number of aromatic nitrogens is 2. The van der Waals surface area contributed by atoms with E-state index in [0.717, 1.165) is 35.3 Å². The van der Waals surface area contributed by atoms with Crippen molar-refractivity contribution in [2.45, 2.75) is 25.7 Å². The molecule has 1 fully saturated rings. The van der Waals surface area contributed by atoms with Crippen LogP contribution in [0.4, 0.5) is 11.6 Å². The van der Waals surface area contributed by atoms with Crippen molar-refractivity contribution in [2.75, 3.05) is 35.9 Å². The average Bonchev–Trinajstić information content (AvgIpc) is 3.20. The molecular weight excluding hydrogens is 246 g/mol. The maximum absolute atomic E-state index is 5.55. The number of hydrogen-bond donors (Lipinski definition) is 2. The highest BCUT2D eigenvalue weighted by Gasteiger charge is 2.28. The third kappa shape index (κ3) is 2.87. The second-order valence-electron chi connectivity index (χ2n) is 4.71. The summed E-state index contributed by atoms with van der Waals surface area (Å²) in [5, 5.41) is 0. The lowest BCUT2D eigenvalue weighted by Gasteiger charge is -2.21. The molecule has 1 aromatic heterocycles. The average molecular weight is 267 g/mol. The zero-order chi connectivity index (χ0) is 13.1. The van der Waals surface area contributed by atoms with Gasteiger partial charge in [-0.15, -0.1) is 0 Å². The van der Waals surface area contributed by atoms with Crippen LogP contribution in [0.3, 0.4) is 0 Å². The molecule has 0 amide bonds. The van der Waals surface area contributed by atoms with Gasteiger partial charge in [-0.1, -0.05) is 0 Å². The van der Waals surface area contributed by atoms with Crippen LogP contribution in [0.15, 0.2) is 0 Å². The molecule has 0 unspecified atom stereocenters. The van der Waals surface area contributed by atoms with Crippen molar-refractivity contribution in [1.29, 1.82) is 0 Å². The first-order chi connectivity index (χ1) is 8.67. The Morgan fingerprint density at radius 2 is 2.17 bits per heavy atom. The highest BCUT2D eigenvalue weighted by molar-refractivity contribution is 7.98. The standard InChI is InChI=1S/C12H21N5S/c1-8-10(16-13)14-11(9-4-5-9)15-12(8)17(2)6-7-18-3/h9H,4-7,13H2,1-3H3,(H,14,15,16). The molecule has 18 heavy (non-hydrogen) atoms. The Balaban J connectivity index is 2.28. The van der Waals surface area contributed by atoms with Crippen molar-refractivity contribution in [2.24, 2.45) is 5.84 Å². The van der Waals surface area contributed by atoms with E-state index in [1.807, 2.05) is 18.7 Å². The van der Waals surface area contributed by atoms with Crippen LogP contribution in [0.5, 0.6) is 0 Å². The van der Waals surface area contributed by atoms with Crippen LogP contribution >= 0.6 is 11.8 Å². The highest BCUT2D eigenvalue weighted by atomic mass is 32.2. The number of nitrogens with zero attached hydrogens (tertiary/aromatic N) is 3. The molecule has 1 aliphatic carbocycles. The lowest BCUT2D eigenvalue weighted by atomic mass is 10.2. The Hall–Kier alpha value is -1.01. The number of nitrogen functional groups attached to an aromatic ring is 1. The Kier molecular flexibility index (Phi) is 4.29. The van der Waals surface area contributed by atoms with E-state index in [9.17, 15) is 0 Å². The minimum absolute atomic E-state index is 0.533. The van der Waals surface area contributed by atoms with Gasteiger partial charge in [0.2, 0.25) is 0 Å². The monoisotopic (exact) mass is 267 g/mol. The molecule has 1 saturated carbocycles. The largest absolute Gasteiger partial charge is 0.358 e. The van der Waals surface area contributed by atoms with Gasteiger partial charge in [0.1, 0.15) is 17.5 Å². The van der Waals surface area contributed by atoms with Crippen LogP contribution in [0.1, 0.15) is 30.1 Å². The summed E-state index contributed by atoms with van der Waals surface area (Å²) in [6.45, 7) is 2.99. The third-order valence-electron chi connectivity index (χ3n) is 3.21. The zero-order valence-electron chi connectivity index (χ0n) is 11.2. The van der Waals surface area contributed by atoms with Gasteiger partial charge < -0.3 is 10.3 Å². The molecule has 0 saturated heterocycles. The van der Waals surface area contributed by atoms with E-state index in [1.165, 1.54) is 12.8 Å². The number of thioether (sulfide) groups is 1. The molecule has 1 aliphatic rings. The first kappa shape index (κ1) is 13.4. The second kappa shape index (κ2) is 5.75. The molecule has 1 aromatic rings. The molecule has 0 aromatic carbocycles. The van der Waals surface area contributed by atoms with Crippen LogP contribution in [0.25, 0.3) is 0 Å². The fraction of sp³-hybridized carbons (Fsp3) is 0.667. The van der Waals surface area contributed by atoms with Gasteiger partial charge in [-0.05, 0) is 26.0 Å². The molecule has 5 nitrogen and oxygen atoms in total. The number of rotatable bonds is 6. The van der Waals surface area contributed by atoms with Crippen molar-refractivity contribution in [1.82, 2.24) is 9.97 Å². The zero-order valence-corrected chi connectivity index (χ0v) is 12.0. The number of anilines is 2. The Bertz CT molecular complexity index is 419. The first-order valence-electron chi connectivity index (χ1n) is 6.22. The Morgan fingerprint density at radius 3 is 2.72 bits per heavy atom. The fourth-order valence-electron chi connectivity index (χ4n) is 1.89. The fourth-order valence-corrected chi connectivity index (χ4v) is 2.35. The van der Waals surface area contributed by atoms with Crippen molar-refractivity contribution in [3.05, 3.63) is 11.4 Å². The predicted octanol–water partition coefficient (Wildman–Crippen LogP) is 1.75. The minimum Gasteiger partial charge on any atom is -0.358 e. The van der Waals surface area contributed by atoms with Gasteiger partial charge in [-0.3, -0.25) is 0 Å². The summed E-state index contributed by atoms with van der Waals surface area (Å²) in [4.78, 5) is 11.4. The molecule has 0 atom stereocenters. The lowest BCUT2D eigenvalue weighted by Crippen LogP contribution is -2.24. The summed E-state index contributed by atoms with van der Waals surface area (Å²) in [6, 6.07) is 0. The Morgan fingerprint density at radius 1 is 1.44 bits per heavy atom. The van der Waals surface area contributed by atoms with Gasteiger partial charge in [0, 0.05) is 30.8 Å². The topological polar surface area (TPSA) is 67.1 Å². The number of hydrazine groups is 1. The lowest BCUT2D eigenvalue weighted by molar-refractivity contribution is 0.867. The molecule has 0 aliphatic heterocycles. The second-order valence-corrected chi connectivity index (χ2v) is 5.70. The third-order valence-corrected chi connectivity index (χ3v) is 3.80. The summed E-state index contributed by atoms with van der Waals surface area (Å²) in [5.41, 5.74) is 3.71. The van der Waals surface area contributed by atoms with Crippen LogP contribution in [-0.4, -0.2) is 35.6 Å². The number of nitrogens with one attached hydrogen (secondary N) is 1. The quantitative estimate of drug-likeness (QED) is 0.604. The highest BCUT2D eigenvalue weighted by Crippen LogP contribution is 2.39. The number of hydrogen-bond acceptors (Lipinski definition) is 6. The van der Waals surface area contributed by atoms with Gasteiger partial charge in [-0.2, -0.15) is 11.8 Å². The van der Waals surface area contributed by atoms with Gasteiger partial charge in [0.15, 0.2) is 0 Å². The minimum atomic E-state index is 0.533. The van der Waals surface area contributed by atoms with E-state index in [0.29, 0.717) is 5.92 Å².